The molecular weight excluding hydrogens is 1090 g/mol. The van der Waals surface area contributed by atoms with Gasteiger partial charge < -0.3 is 74.9 Å². The highest BCUT2D eigenvalue weighted by molar-refractivity contribution is 5.98. The number of fused-ring (bicyclic) bond motifs is 1. The number of hydrogen-bond donors (Lipinski definition) is 14. The standard InChI is InChI=1S/C61H96N12O12/c1-4-6-7-8-9-10-11-12-13-14-15-26-52(76)68-48(32-29-42-37-65-45-23-17-16-22-44(42)45)56(79)67-38-53(77)66-39-54(78)73-55(40(3)5-2)60(83)70-47(25-19-21-34-63)57(80)69-46(24-18-20-33-62)58(81)71-49(36-51(64)75)59(82)72-50(61(84)85)35-41-27-30-43(74)31-28-41/h16-17,22-23,27-28,30-31,37,40,46-50,55,65,74H,4-15,18-21,24-26,29,32-36,38-39,62-63H2,1-3H3,(H2,64,75)(H,66,77)(H,67,79)(H,68,76)(H,69,80)(H,70,83)(H,71,81)(H,72,82)(H,73,78)(H,84,85)/t40-,46-,47-,48-,49-,50-,55-/m0/s1. The number of rotatable bonds is 45. The predicted molar refractivity (Wildman–Crippen MR) is 324 cm³/mol. The molecule has 3 aromatic rings. The Kier molecular flexibility index (Phi) is 34.3. The molecule has 1 heterocycles. The van der Waals surface area contributed by atoms with Gasteiger partial charge in [-0.3, -0.25) is 43.2 Å². The first-order valence-corrected chi connectivity index (χ1v) is 30.4. The summed E-state index contributed by atoms with van der Waals surface area (Å²) in [7, 11) is 0. The van der Waals surface area contributed by atoms with E-state index in [1.165, 1.54) is 69.2 Å². The van der Waals surface area contributed by atoms with E-state index in [9.17, 15) is 58.2 Å². The van der Waals surface area contributed by atoms with Crippen LogP contribution < -0.4 is 59.7 Å². The zero-order valence-electron chi connectivity index (χ0n) is 50.0. The third-order valence-electron chi connectivity index (χ3n) is 14.9. The summed E-state index contributed by atoms with van der Waals surface area (Å²) in [5.74, 6) is -8.82. The molecule has 0 fully saturated rings. The van der Waals surface area contributed by atoms with Gasteiger partial charge in [0.1, 0.15) is 42.0 Å². The number of aromatic amines is 1. The van der Waals surface area contributed by atoms with Crippen LogP contribution in [0.4, 0.5) is 0 Å². The smallest absolute Gasteiger partial charge is 0.326 e. The van der Waals surface area contributed by atoms with Gasteiger partial charge in [-0.1, -0.05) is 122 Å². The van der Waals surface area contributed by atoms with Crippen LogP contribution in [0.5, 0.6) is 5.75 Å². The van der Waals surface area contributed by atoms with E-state index in [2.05, 4.69) is 54.4 Å². The van der Waals surface area contributed by atoms with Gasteiger partial charge in [0, 0.05) is 29.9 Å². The SMILES string of the molecule is CCCCCCCCCCCCCC(=O)N[C@@H](CCc1c[nH]c2ccccc12)C(=O)NCC(=O)NCC(=O)N[C@H](C(=O)N[C@@H](CCCCN)C(=O)N[C@@H](CCCCN)C(=O)N[C@@H](CC(N)=O)C(=O)N[C@@H](Cc1ccc(O)cc1)C(=O)O)[C@@H](C)CC. The number of phenolic OH excluding ortho intramolecular Hbond substituents is 1. The molecule has 17 N–H and O–H groups in total. The summed E-state index contributed by atoms with van der Waals surface area (Å²) < 4.78 is 0. The Balaban J connectivity index is 1.65. The maximum Gasteiger partial charge on any atom is 0.326 e. The molecule has 0 spiro atoms. The van der Waals surface area contributed by atoms with Crippen molar-refractivity contribution in [3.8, 4) is 5.75 Å². The molecule has 9 amide bonds. The van der Waals surface area contributed by atoms with E-state index in [1.54, 1.807) is 13.8 Å². The first-order valence-electron chi connectivity index (χ1n) is 30.4. The number of carbonyl (C=O) groups excluding carboxylic acids is 9. The van der Waals surface area contributed by atoms with Crippen LogP contribution in [0.25, 0.3) is 10.9 Å². The quantitative estimate of drug-likeness (QED) is 0.0362. The van der Waals surface area contributed by atoms with Gasteiger partial charge in [-0.2, -0.15) is 0 Å². The van der Waals surface area contributed by atoms with Crippen LogP contribution in [-0.4, -0.2) is 137 Å². The zero-order chi connectivity index (χ0) is 62.5. The summed E-state index contributed by atoms with van der Waals surface area (Å²) in [6, 6.07) is 5.35. The molecule has 2 aromatic carbocycles. The first-order chi connectivity index (χ1) is 40.8. The topological polar surface area (TPSA) is 401 Å². The molecule has 0 aliphatic rings. The van der Waals surface area contributed by atoms with Crippen molar-refractivity contribution in [1.82, 2.24) is 47.5 Å². The van der Waals surface area contributed by atoms with Crippen LogP contribution in [0.15, 0.2) is 54.7 Å². The second kappa shape index (κ2) is 40.6. The second-order valence-corrected chi connectivity index (χ2v) is 21.9. The van der Waals surface area contributed by atoms with Crippen molar-refractivity contribution >= 4 is 70.0 Å². The molecule has 0 aliphatic carbocycles. The summed E-state index contributed by atoms with van der Waals surface area (Å²) in [5.41, 5.74) is 19.3. The minimum Gasteiger partial charge on any atom is -0.508 e. The van der Waals surface area contributed by atoms with Crippen molar-refractivity contribution in [2.24, 2.45) is 23.1 Å². The minimum atomic E-state index is -1.67. The van der Waals surface area contributed by atoms with Crippen LogP contribution >= 0.6 is 0 Å². The van der Waals surface area contributed by atoms with Gasteiger partial charge in [0.05, 0.1) is 19.5 Å². The number of nitrogens with two attached hydrogens (primary N) is 3. The molecule has 7 atom stereocenters. The summed E-state index contributed by atoms with van der Waals surface area (Å²) >= 11 is 0. The molecule has 0 radical (unpaired) electrons. The van der Waals surface area contributed by atoms with Crippen molar-refractivity contribution < 1.29 is 58.2 Å². The fraction of sp³-hybridized carbons (Fsp3) is 0.607. The normalized spacial score (nSPS) is 13.6. The zero-order valence-corrected chi connectivity index (χ0v) is 50.0. The number of hydrogen-bond acceptors (Lipinski definition) is 13. The highest BCUT2D eigenvalue weighted by Crippen LogP contribution is 2.21. The van der Waals surface area contributed by atoms with Crippen molar-refractivity contribution in [1.29, 1.82) is 0 Å². The number of aromatic hydroxyl groups is 1. The molecule has 472 valence electrons. The van der Waals surface area contributed by atoms with E-state index < -0.39 is 115 Å². The van der Waals surface area contributed by atoms with Gasteiger partial charge in [-0.05, 0) is 106 Å². The van der Waals surface area contributed by atoms with Crippen LogP contribution in [0.1, 0.15) is 167 Å². The third-order valence-corrected chi connectivity index (χ3v) is 14.9. The Morgan fingerprint density at radius 1 is 0.541 bits per heavy atom. The number of amides is 9. The van der Waals surface area contributed by atoms with Gasteiger partial charge >= 0.3 is 5.97 Å². The van der Waals surface area contributed by atoms with Gasteiger partial charge in [-0.15, -0.1) is 0 Å². The second-order valence-electron chi connectivity index (χ2n) is 21.9. The number of carboxylic acid groups (broad SMARTS) is 1. The average molecular weight is 1190 g/mol. The van der Waals surface area contributed by atoms with E-state index in [4.69, 9.17) is 17.2 Å². The Morgan fingerprint density at radius 3 is 1.65 bits per heavy atom. The lowest BCUT2D eigenvalue weighted by atomic mass is 9.97. The molecule has 0 saturated carbocycles. The maximum atomic E-state index is 14.2. The fourth-order valence-electron chi connectivity index (χ4n) is 9.66. The average Bonchev–Trinajstić information content (AvgIpc) is 3.68. The van der Waals surface area contributed by atoms with Crippen LogP contribution in [0, 0.1) is 5.92 Å². The predicted octanol–water partition coefficient (Wildman–Crippen LogP) is 3.16. The molecule has 24 nitrogen and oxygen atoms in total. The Hall–Kier alpha value is -7.60. The Morgan fingerprint density at radius 2 is 1.07 bits per heavy atom. The van der Waals surface area contributed by atoms with E-state index in [1.807, 2.05) is 30.5 Å². The number of phenols is 1. The van der Waals surface area contributed by atoms with Gasteiger partial charge in [0.25, 0.3) is 0 Å². The molecule has 3 rings (SSSR count). The van der Waals surface area contributed by atoms with E-state index in [0.29, 0.717) is 50.5 Å². The highest BCUT2D eigenvalue weighted by atomic mass is 16.4. The van der Waals surface area contributed by atoms with Crippen LogP contribution in [-0.2, 0) is 60.8 Å². The molecule has 85 heavy (non-hydrogen) atoms. The summed E-state index contributed by atoms with van der Waals surface area (Å²) in [4.78, 5) is 137. The number of aliphatic carboxylic acids is 1. The van der Waals surface area contributed by atoms with Crippen LogP contribution in [0.3, 0.4) is 0 Å². The minimum absolute atomic E-state index is 0.00877. The molecule has 0 saturated heterocycles. The Labute approximate surface area is 499 Å². The summed E-state index contributed by atoms with van der Waals surface area (Å²) in [6.07, 6.45) is 16.3. The number of benzene rings is 2. The lowest BCUT2D eigenvalue weighted by Gasteiger charge is -2.28. The maximum absolute atomic E-state index is 14.2. The van der Waals surface area contributed by atoms with Crippen molar-refractivity contribution in [2.75, 3.05) is 26.2 Å². The molecule has 0 aliphatic heterocycles. The monoisotopic (exact) mass is 1190 g/mol. The number of carbonyl (C=O) groups is 10. The van der Waals surface area contributed by atoms with Gasteiger partial charge in [-0.25, -0.2) is 4.79 Å². The molecular formula is C61H96N12O12. The first kappa shape index (κ1) is 71.7. The lowest BCUT2D eigenvalue weighted by Crippen LogP contribution is -2.60. The third kappa shape index (κ3) is 28.2. The van der Waals surface area contributed by atoms with Crippen molar-refractivity contribution in [3.05, 3.63) is 65.9 Å². The number of para-hydroxylation sites is 1. The fourth-order valence-corrected chi connectivity index (χ4v) is 9.66. The van der Waals surface area contributed by atoms with E-state index in [0.717, 1.165) is 35.7 Å². The van der Waals surface area contributed by atoms with E-state index >= 15 is 0 Å². The summed E-state index contributed by atoms with van der Waals surface area (Å²) in [6.45, 7) is 5.10. The molecule has 1 aromatic heterocycles. The number of aryl methyl sites for hydroxylation is 1. The highest BCUT2D eigenvalue weighted by Gasteiger charge is 2.34. The van der Waals surface area contributed by atoms with Crippen LogP contribution in [0.2, 0.25) is 0 Å². The molecule has 0 unspecified atom stereocenters. The number of carboxylic acids is 1. The van der Waals surface area contributed by atoms with Crippen molar-refractivity contribution in [3.63, 3.8) is 0 Å². The molecule has 0 bridgehead atoms. The van der Waals surface area contributed by atoms with E-state index in [-0.39, 0.29) is 56.9 Å². The Bertz CT molecular complexity index is 2580. The van der Waals surface area contributed by atoms with Gasteiger partial charge in [0.15, 0.2) is 0 Å². The van der Waals surface area contributed by atoms with Crippen molar-refractivity contribution in [2.45, 2.75) is 205 Å². The summed E-state index contributed by atoms with van der Waals surface area (Å²) in [5, 5.41) is 41.3. The number of primary amides is 1. The number of unbranched alkanes of at least 4 members (excludes halogenated alkanes) is 12. The number of H-pyrrole nitrogens is 1. The number of nitrogens with one attached hydrogen (secondary N) is 9. The largest absolute Gasteiger partial charge is 0.508 e. The lowest BCUT2D eigenvalue weighted by molar-refractivity contribution is -0.142. The number of aromatic nitrogens is 1. The molecule has 24 heteroatoms. The van der Waals surface area contributed by atoms with Gasteiger partial charge in [0.2, 0.25) is 53.2 Å².